The van der Waals surface area contributed by atoms with Gasteiger partial charge in [0.05, 0.1) is 11.5 Å². The lowest BCUT2D eigenvalue weighted by atomic mass is 9.99. The van der Waals surface area contributed by atoms with Gasteiger partial charge in [0.25, 0.3) is 0 Å². The van der Waals surface area contributed by atoms with E-state index in [1.165, 1.54) is 17.7 Å². The van der Waals surface area contributed by atoms with Crippen molar-refractivity contribution in [1.82, 2.24) is 15.5 Å². The predicted octanol–water partition coefficient (Wildman–Crippen LogP) is 1.63. The monoisotopic (exact) mass is 502 g/mol. The number of sulfone groups is 1. The van der Waals surface area contributed by atoms with Crippen LogP contribution in [0.15, 0.2) is 4.99 Å². The van der Waals surface area contributed by atoms with Gasteiger partial charge in [0.15, 0.2) is 15.8 Å². The first-order valence-electron chi connectivity index (χ1n) is 9.22. The molecule has 1 amide bonds. The minimum Gasteiger partial charge on any atom is -0.356 e. The third-order valence-electron chi connectivity index (χ3n) is 4.55. The number of rotatable bonds is 9. The summed E-state index contributed by atoms with van der Waals surface area (Å²) in [5, 5.41) is 6.49. The van der Waals surface area contributed by atoms with Gasteiger partial charge in [-0.1, -0.05) is 33.1 Å². The first-order valence-corrected chi connectivity index (χ1v) is 11.0. The minimum atomic E-state index is -2.95. The lowest BCUT2D eigenvalue weighted by Crippen LogP contribution is -2.46. The van der Waals surface area contributed by atoms with E-state index in [-0.39, 0.29) is 54.0 Å². The van der Waals surface area contributed by atoms with Crippen molar-refractivity contribution in [1.29, 1.82) is 0 Å². The fraction of sp³-hybridized carbons (Fsp3) is 0.882. The van der Waals surface area contributed by atoms with Gasteiger partial charge < -0.3 is 15.5 Å². The van der Waals surface area contributed by atoms with Gasteiger partial charge in [-0.3, -0.25) is 4.79 Å². The molecular weight excluding hydrogens is 467 g/mol. The van der Waals surface area contributed by atoms with E-state index in [1.54, 1.807) is 14.1 Å². The topological polar surface area (TPSA) is 90.9 Å². The van der Waals surface area contributed by atoms with Crippen molar-refractivity contribution in [2.75, 3.05) is 38.7 Å². The SMILES string of the molecule is CCCCC(CC)CNC(=NCC(=O)N(C)C)NC1CCS(=O)(=O)C1.I. The molecule has 1 rings (SSSR count). The second kappa shape index (κ2) is 12.7. The highest BCUT2D eigenvalue weighted by atomic mass is 127. The first kappa shape index (κ1) is 25.4. The molecule has 0 spiro atoms. The van der Waals surface area contributed by atoms with Crippen molar-refractivity contribution in [3.63, 3.8) is 0 Å². The highest BCUT2D eigenvalue weighted by molar-refractivity contribution is 14.0. The second-order valence-corrected chi connectivity index (χ2v) is 9.22. The number of carbonyl (C=O) groups is 1. The average Bonchev–Trinajstić information content (AvgIpc) is 2.90. The largest absolute Gasteiger partial charge is 0.356 e. The molecule has 0 aromatic carbocycles. The van der Waals surface area contributed by atoms with Gasteiger partial charge in [0.1, 0.15) is 6.54 Å². The van der Waals surface area contributed by atoms with Crippen LogP contribution in [0.3, 0.4) is 0 Å². The molecule has 0 saturated carbocycles. The summed E-state index contributed by atoms with van der Waals surface area (Å²) in [6.45, 7) is 5.18. The zero-order valence-corrected chi connectivity index (χ0v) is 19.6. The van der Waals surface area contributed by atoms with E-state index in [4.69, 9.17) is 0 Å². The summed E-state index contributed by atoms with van der Waals surface area (Å²) < 4.78 is 23.3. The molecule has 0 bridgehead atoms. The first-order chi connectivity index (χ1) is 11.8. The Morgan fingerprint density at radius 3 is 2.50 bits per heavy atom. The Hall–Kier alpha value is -0.580. The van der Waals surface area contributed by atoms with Crippen molar-refractivity contribution >= 4 is 45.7 Å². The van der Waals surface area contributed by atoms with Gasteiger partial charge in [-0.25, -0.2) is 13.4 Å². The Morgan fingerprint density at radius 1 is 1.31 bits per heavy atom. The molecule has 0 aliphatic carbocycles. The van der Waals surface area contributed by atoms with Crippen LogP contribution in [0, 0.1) is 5.92 Å². The molecule has 1 heterocycles. The van der Waals surface area contributed by atoms with Crippen LogP contribution in [0.2, 0.25) is 0 Å². The summed E-state index contributed by atoms with van der Waals surface area (Å²) >= 11 is 0. The second-order valence-electron chi connectivity index (χ2n) is 6.99. The summed E-state index contributed by atoms with van der Waals surface area (Å²) in [4.78, 5) is 17.6. The van der Waals surface area contributed by atoms with Crippen LogP contribution < -0.4 is 10.6 Å². The highest BCUT2D eigenvalue weighted by Crippen LogP contribution is 2.12. The van der Waals surface area contributed by atoms with Gasteiger partial charge in [0.2, 0.25) is 5.91 Å². The number of hydrogen-bond donors (Lipinski definition) is 2. The lowest BCUT2D eigenvalue weighted by molar-refractivity contribution is -0.127. The molecule has 1 aliphatic heterocycles. The molecular formula is C17H35IN4O3S. The van der Waals surface area contributed by atoms with E-state index in [2.05, 4.69) is 29.5 Å². The molecule has 2 N–H and O–H groups in total. The summed E-state index contributed by atoms with van der Waals surface area (Å²) in [6.07, 6.45) is 5.18. The van der Waals surface area contributed by atoms with E-state index >= 15 is 0 Å². The van der Waals surface area contributed by atoms with Crippen molar-refractivity contribution in [2.45, 2.75) is 52.0 Å². The fourth-order valence-corrected chi connectivity index (χ4v) is 4.40. The van der Waals surface area contributed by atoms with E-state index in [0.29, 0.717) is 18.3 Å². The van der Waals surface area contributed by atoms with Gasteiger partial charge in [-0.05, 0) is 18.8 Å². The van der Waals surface area contributed by atoms with Crippen LogP contribution in [0.25, 0.3) is 0 Å². The van der Waals surface area contributed by atoms with Crippen molar-refractivity contribution < 1.29 is 13.2 Å². The third kappa shape index (κ3) is 9.94. The Bertz CT molecular complexity index is 552. The normalized spacial score (nSPS) is 20.2. The average molecular weight is 502 g/mol. The molecule has 1 fully saturated rings. The number of nitrogens with zero attached hydrogens (tertiary/aromatic N) is 2. The van der Waals surface area contributed by atoms with Crippen LogP contribution in [-0.4, -0.2) is 69.9 Å². The van der Waals surface area contributed by atoms with Crippen LogP contribution in [0.4, 0.5) is 0 Å². The number of carbonyl (C=O) groups excluding carboxylic acids is 1. The van der Waals surface area contributed by atoms with Crippen molar-refractivity contribution in [2.24, 2.45) is 10.9 Å². The minimum absolute atomic E-state index is 0. The Balaban J connectivity index is 0.00000625. The maximum atomic E-state index is 11.8. The third-order valence-corrected chi connectivity index (χ3v) is 6.31. The smallest absolute Gasteiger partial charge is 0.243 e. The predicted molar refractivity (Wildman–Crippen MR) is 118 cm³/mol. The molecule has 7 nitrogen and oxygen atoms in total. The van der Waals surface area contributed by atoms with Gasteiger partial charge in [-0.2, -0.15) is 0 Å². The summed E-state index contributed by atoms with van der Waals surface area (Å²) in [5.41, 5.74) is 0. The van der Waals surface area contributed by atoms with Crippen LogP contribution >= 0.6 is 24.0 Å². The Labute approximate surface area is 175 Å². The van der Waals surface area contributed by atoms with E-state index in [1.807, 2.05) is 0 Å². The van der Waals surface area contributed by atoms with E-state index in [9.17, 15) is 13.2 Å². The molecule has 1 saturated heterocycles. The molecule has 9 heteroatoms. The molecule has 154 valence electrons. The maximum Gasteiger partial charge on any atom is 0.243 e. The van der Waals surface area contributed by atoms with Gasteiger partial charge >= 0.3 is 0 Å². The van der Waals surface area contributed by atoms with Crippen molar-refractivity contribution in [3.8, 4) is 0 Å². The summed E-state index contributed by atoms with van der Waals surface area (Å²) in [6, 6.07) is -0.138. The summed E-state index contributed by atoms with van der Waals surface area (Å²) in [7, 11) is 0.434. The number of aliphatic imine (C=N–C) groups is 1. The van der Waals surface area contributed by atoms with E-state index in [0.717, 1.165) is 19.4 Å². The zero-order chi connectivity index (χ0) is 18.9. The molecule has 2 atom stereocenters. The van der Waals surface area contributed by atoms with Crippen molar-refractivity contribution in [3.05, 3.63) is 0 Å². The molecule has 0 aromatic heterocycles. The Morgan fingerprint density at radius 2 is 2.00 bits per heavy atom. The molecule has 0 aromatic rings. The number of guanidine groups is 1. The van der Waals surface area contributed by atoms with Crippen LogP contribution in [-0.2, 0) is 14.6 Å². The molecule has 26 heavy (non-hydrogen) atoms. The molecule has 1 aliphatic rings. The number of nitrogens with one attached hydrogen (secondary N) is 2. The fourth-order valence-electron chi connectivity index (χ4n) is 2.73. The standard InChI is InChI=1S/C17H34N4O3S.HI/c1-5-7-8-14(6-2)11-18-17(19-12-16(22)21(3)4)20-15-9-10-25(23,24)13-15;/h14-15H,5-13H2,1-4H3,(H2,18,19,20);1H. The molecule has 2 unspecified atom stereocenters. The van der Waals surface area contributed by atoms with E-state index < -0.39 is 9.84 Å². The number of likely N-dealkylation sites (N-methyl/N-ethyl adjacent to an activating group) is 1. The Kier molecular flexibility index (Phi) is 12.5. The number of unbranched alkanes of at least 4 members (excludes halogenated alkanes) is 1. The van der Waals surface area contributed by atoms with Crippen LogP contribution in [0.5, 0.6) is 0 Å². The van der Waals surface area contributed by atoms with Gasteiger partial charge in [-0.15, -0.1) is 24.0 Å². The zero-order valence-electron chi connectivity index (χ0n) is 16.5. The lowest BCUT2D eigenvalue weighted by Gasteiger charge is -2.20. The van der Waals surface area contributed by atoms with Gasteiger partial charge in [0, 0.05) is 26.7 Å². The molecule has 0 radical (unpaired) electrons. The number of amides is 1. The summed E-state index contributed by atoms with van der Waals surface area (Å²) in [5.74, 6) is 1.33. The number of hydrogen-bond acceptors (Lipinski definition) is 4. The van der Waals surface area contributed by atoms with Crippen LogP contribution in [0.1, 0.15) is 46.0 Å². The maximum absolute atomic E-state index is 11.8. The number of halogens is 1. The highest BCUT2D eigenvalue weighted by Gasteiger charge is 2.28. The quantitative estimate of drug-likeness (QED) is 0.284.